The molecule has 0 saturated heterocycles. The number of aromatic amines is 1. The van der Waals surface area contributed by atoms with Crippen LogP contribution in [0.4, 0.5) is 0 Å². The van der Waals surface area contributed by atoms with Gasteiger partial charge in [-0.3, -0.25) is 19.3 Å². The Bertz CT molecular complexity index is 1700. The molecule has 8 heteroatoms. The first kappa shape index (κ1) is 24.5. The highest BCUT2D eigenvalue weighted by Crippen LogP contribution is 2.37. The average molecular weight is 528 g/mol. The molecule has 0 amide bonds. The Morgan fingerprint density at radius 2 is 1.62 bits per heavy atom. The fourth-order valence-electron chi connectivity index (χ4n) is 3.97. The topological polar surface area (TPSA) is 79.6 Å². The average Bonchev–Trinajstić information content (AvgIpc) is 3.16. The number of para-hydroxylation sites is 1. The van der Waals surface area contributed by atoms with E-state index in [9.17, 15) is 9.90 Å². The smallest absolute Gasteiger partial charge is 0.262 e. The quantitative estimate of drug-likeness (QED) is 0.270. The van der Waals surface area contributed by atoms with Crippen molar-refractivity contribution in [1.82, 2.24) is 9.55 Å². The summed E-state index contributed by atoms with van der Waals surface area (Å²) in [7, 11) is 0. The number of aromatic hydroxyl groups is 1. The molecular weight excluding hydrogens is 506 g/mol. The first-order valence-electron chi connectivity index (χ1n) is 11.5. The molecule has 0 unspecified atom stereocenters. The number of aliphatic imine (C=N–C) groups is 1. The van der Waals surface area contributed by atoms with E-state index < -0.39 is 5.56 Å². The molecule has 6 nitrogen and oxygen atoms in total. The molecule has 0 radical (unpaired) electrons. The standard InChI is InChI=1S/C29H22ClN3O3S/c1-17-8-10-19(11-9-17)26-25(30)23(18(2)31-26)16-24-27(34)32-29(37)33(28(24)35)20-12-14-22(15-13-20)36-21-6-4-3-5-7-21/h3-16,35H,1-2H3,(H,32,34,37). The Kier molecular flexibility index (Phi) is 6.65. The molecule has 1 aliphatic rings. The fourth-order valence-corrected chi connectivity index (χ4v) is 4.60. The molecule has 5 rings (SSSR count). The van der Waals surface area contributed by atoms with Crippen molar-refractivity contribution in [1.29, 1.82) is 0 Å². The van der Waals surface area contributed by atoms with Crippen LogP contribution in [0, 0.1) is 11.7 Å². The molecule has 1 aromatic heterocycles. The van der Waals surface area contributed by atoms with Crippen LogP contribution in [0.15, 0.2) is 99.3 Å². The summed E-state index contributed by atoms with van der Waals surface area (Å²) < 4.78 is 7.28. The number of H-pyrrole nitrogens is 1. The van der Waals surface area contributed by atoms with E-state index in [2.05, 4.69) is 9.98 Å². The first-order valence-corrected chi connectivity index (χ1v) is 12.3. The lowest BCUT2D eigenvalue weighted by molar-refractivity contribution is 0.431. The maximum Gasteiger partial charge on any atom is 0.262 e. The number of rotatable bonds is 5. The molecule has 0 fully saturated rings. The van der Waals surface area contributed by atoms with Crippen LogP contribution in [0.2, 0.25) is 0 Å². The van der Waals surface area contributed by atoms with E-state index in [0.717, 1.165) is 11.1 Å². The maximum atomic E-state index is 12.8. The van der Waals surface area contributed by atoms with Crippen LogP contribution in [-0.2, 0) is 0 Å². The van der Waals surface area contributed by atoms with Crippen LogP contribution in [0.3, 0.4) is 0 Å². The molecule has 184 valence electrons. The van der Waals surface area contributed by atoms with E-state index in [-0.39, 0.29) is 16.2 Å². The number of allylic oxidation sites excluding steroid dienone is 2. The third-order valence-electron chi connectivity index (χ3n) is 5.92. The Hall–Kier alpha value is -4.20. The Morgan fingerprint density at radius 1 is 0.973 bits per heavy atom. The number of nitrogens with one attached hydrogen (secondary N) is 1. The number of ether oxygens (including phenoxy) is 1. The molecule has 0 saturated carbocycles. The summed E-state index contributed by atoms with van der Waals surface area (Å²) in [6.45, 7) is 3.81. The van der Waals surface area contributed by atoms with Crippen LogP contribution in [0.1, 0.15) is 23.6 Å². The van der Waals surface area contributed by atoms with Crippen molar-refractivity contribution in [3.05, 3.63) is 121 Å². The van der Waals surface area contributed by atoms with Crippen LogP contribution >= 0.6 is 23.8 Å². The van der Waals surface area contributed by atoms with Crippen LogP contribution in [0.25, 0.3) is 17.5 Å². The van der Waals surface area contributed by atoms with Crippen molar-refractivity contribution in [2.24, 2.45) is 4.99 Å². The third kappa shape index (κ3) is 4.91. The summed E-state index contributed by atoms with van der Waals surface area (Å²) in [4.78, 5) is 20.1. The molecule has 0 aliphatic carbocycles. The van der Waals surface area contributed by atoms with E-state index in [1.807, 2.05) is 68.4 Å². The second-order valence-corrected chi connectivity index (χ2v) is 9.29. The number of halogens is 1. The van der Waals surface area contributed by atoms with Crippen LogP contribution in [-0.4, -0.2) is 20.4 Å². The highest BCUT2D eigenvalue weighted by molar-refractivity contribution is 7.71. The summed E-state index contributed by atoms with van der Waals surface area (Å²) in [5.41, 5.74) is 3.83. The zero-order valence-corrected chi connectivity index (χ0v) is 21.6. The number of hydrogen-bond donors (Lipinski definition) is 2. The van der Waals surface area contributed by atoms with Gasteiger partial charge in [0, 0.05) is 16.8 Å². The van der Waals surface area contributed by atoms with Gasteiger partial charge < -0.3 is 9.84 Å². The molecule has 2 heterocycles. The SMILES string of the molecule is CC1=NC(c2ccc(C)cc2)=C(Cl)C1=Cc1c(O)n(-c2ccc(Oc3ccccc3)cc2)c(=S)[nH]c1=O. The predicted molar refractivity (Wildman–Crippen MR) is 150 cm³/mol. The van der Waals surface area contributed by atoms with Crippen molar-refractivity contribution < 1.29 is 9.84 Å². The Labute approximate surface area is 223 Å². The third-order valence-corrected chi connectivity index (χ3v) is 6.59. The number of benzene rings is 3. The van der Waals surface area contributed by atoms with Crippen molar-refractivity contribution in [3.8, 4) is 23.1 Å². The van der Waals surface area contributed by atoms with Gasteiger partial charge in [0.1, 0.15) is 17.1 Å². The lowest BCUT2D eigenvalue weighted by Gasteiger charge is -2.13. The molecule has 37 heavy (non-hydrogen) atoms. The molecule has 1 aliphatic heterocycles. The lowest BCUT2D eigenvalue weighted by Crippen LogP contribution is -2.16. The highest BCUT2D eigenvalue weighted by Gasteiger charge is 2.23. The summed E-state index contributed by atoms with van der Waals surface area (Å²) in [5.74, 6) is 1.02. The number of hydrogen-bond acceptors (Lipinski definition) is 5. The first-order chi connectivity index (χ1) is 17.8. The molecule has 0 bridgehead atoms. The number of aryl methyl sites for hydroxylation is 1. The van der Waals surface area contributed by atoms with Gasteiger partial charge in [-0.05, 0) is 68.5 Å². The fraction of sp³-hybridized carbons (Fsp3) is 0.0690. The maximum absolute atomic E-state index is 12.8. The highest BCUT2D eigenvalue weighted by atomic mass is 35.5. The van der Waals surface area contributed by atoms with E-state index >= 15 is 0 Å². The molecule has 0 spiro atoms. The number of nitrogens with zero attached hydrogens (tertiary/aromatic N) is 2. The van der Waals surface area contributed by atoms with Gasteiger partial charge in [0.05, 0.1) is 16.4 Å². The van der Waals surface area contributed by atoms with Gasteiger partial charge >= 0.3 is 0 Å². The summed E-state index contributed by atoms with van der Waals surface area (Å²) >= 11 is 12.1. The van der Waals surface area contributed by atoms with Gasteiger partial charge in [-0.2, -0.15) is 0 Å². The largest absolute Gasteiger partial charge is 0.494 e. The van der Waals surface area contributed by atoms with Crippen LogP contribution < -0.4 is 10.3 Å². The van der Waals surface area contributed by atoms with Crippen molar-refractivity contribution in [3.63, 3.8) is 0 Å². The number of aromatic nitrogens is 2. The normalized spacial score (nSPS) is 14.2. The molecule has 3 aromatic carbocycles. The van der Waals surface area contributed by atoms with Gasteiger partial charge in [-0.1, -0.05) is 59.6 Å². The summed E-state index contributed by atoms with van der Waals surface area (Å²) in [6, 6.07) is 24.3. The molecular formula is C29H22ClN3O3S. The molecule has 4 aromatic rings. The van der Waals surface area contributed by atoms with E-state index in [1.54, 1.807) is 24.3 Å². The minimum Gasteiger partial charge on any atom is -0.494 e. The zero-order chi connectivity index (χ0) is 26.1. The Morgan fingerprint density at radius 3 is 2.30 bits per heavy atom. The van der Waals surface area contributed by atoms with Gasteiger partial charge in [0.2, 0.25) is 5.88 Å². The minimum absolute atomic E-state index is 0.0195. The summed E-state index contributed by atoms with van der Waals surface area (Å²) in [5, 5.41) is 11.6. The molecule has 2 N–H and O–H groups in total. The van der Waals surface area contributed by atoms with E-state index in [4.69, 9.17) is 28.6 Å². The van der Waals surface area contributed by atoms with Crippen molar-refractivity contribution in [2.45, 2.75) is 13.8 Å². The van der Waals surface area contributed by atoms with Gasteiger partial charge in [0.25, 0.3) is 5.56 Å². The second-order valence-electron chi connectivity index (χ2n) is 8.52. The van der Waals surface area contributed by atoms with Crippen molar-refractivity contribution in [2.75, 3.05) is 0 Å². The lowest BCUT2D eigenvalue weighted by atomic mass is 10.1. The van der Waals surface area contributed by atoms with E-state index in [1.165, 1.54) is 10.6 Å². The predicted octanol–water partition coefficient (Wildman–Crippen LogP) is 7.17. The van der Waals surface area contributed by atoms with Gasteiger partial charge in [-0.15, -0.1) is 0 Å². The van der Waals surface area contributed by atoms with Gasteiger partial charge in [-0.25, -0.2) is 0 Å². The monoisotopic (exact) mass is 527 g/mol. The van der Waals surface area contributed by atoms with E-state index in [0.29, 0.717) is 39.2 Å². The summed E-state index contributed by atoms with van der Waals surface area (Å²) in [6.07, 6.45) is 1.54. The molecule has 0 atom stereocenters. The minimum atomic E-state index is -0.531. The van der Waals surface area contributed by atoms with Gasteiger partial charge in [0.15, 0.2) is 4.77 Å². The van der Waals surface area contributed by atoms with Crippen molar-refractivity contribution >= 4 is 41.3 Å². The zero-order valence-electron chi connectivity index (χ0n) is 20.0. The Balaban J connectivity index is 1.53. The second kappa shape index (κ2) is 10.0. The van der Waals surface area contributed by atoms with Crippen LogP contribution in [0.5, 0.6) is 17.4 Å².